The minimum absolute atomic E-state index is 0.240. The lowest BCUT2D eigenvalue weighted by Gasteiger charge is -2.12. The fraction of sp³-hybridized carbons (Fsp3) is 0.231. The molecule has 0 aliphatic rings. The van der Waals surface area contributed by atoms with E-state index in [0.717, 1.165) is 6.29 Å². The van der Waals surface area contributed by atoms with Crippen LogP contribution in [0.15, 0.2) is 17.7 Å². The third-order valence-corrected chi connectivity index (χ3v) is 2.47. The summed E-state index contributed by atoms with van der Waals surface area (Å²) < 4.78 is 10.3. The Morgan fingerprint density at radius 3 is 2.68 bits per heavy atom. The van der Waals surface area contributed by atoms with E-state index in [-0.39, 0.29) is 17.4 Å². The van der Waals surface area contributed by atoms with Gasteiger partial charge >= 0.3 is 0 Å². The van der Waals surface area contributed by atoms with Crippen molar-refractivity contribution in [2.24, 2.45) is 5.73 Å². The van der Waals surface area contributed by atoms with Gasteiger partial charge in [0, 0.05) is 0 Å². The molecule has 0 unspecified atom stereocenters. The molecule has 0 aromatic heterocycles. The lowest BCUT2D eigenvalue weighted by atomic mass is 10.1. The summed E-state index contributed by atoms with van der Waals surface area (Å²) in [5.74, 6) is -0.0125. The zero-order valence-electron chi connectivity index (χ0n) is 10.6. The number of amides is 1. The minimum atomic E-state index is -0.612. The van der Waals surface area contributed by atoms with E-state index in [0.29, 0.717) is 16.9 Å². The number of rotatable bonds is 6. The number of allylic oxidation sites excluding steroid dienone is 1. The first kappa shape index (κ1) is 15.0. The molecule has 1 aromatic carbocycles. The summed E-state index contributed by atoms with van der Waals surface area (Å²) in [6.07, 6.45) is 2.39. The minimum Gasteiger partial charge on any atom is -0.493 e. The average Bonchev–Trinajstić information content (AvgIpc) is 2.36. The largest absolute Gasteiger partial charge is 0.493 e. The van der Waals surface area contributed by atoms with Crippen LogP contribution in [-0.4, -0.2) is 25.9 Å². The van der Waals surface area contributed by atoms with E-state index in [1.54, 1.807) is 25.1 Å². The van der Waals surface area contributed by atoms with Crippen molar-refractivity contribution in [2.75, 3.05) is 13.7 Å². The van der Waals surface area contributed by atoms with Gasteiger partial charge in [0.25, 0.3) is 5.91 Å². The van der Waals surface area contributed by atoms with E-state index in [9.17, 15) is 9.59 Å². The maximum Gasteiger partial charge on any atom is 0.255 e. The van der Waals surface area contributed by atoms with Crippen LogP contribution in [0.2, 0.25) is 5.02 Å². The van der Waals surface area contributed by atoms with Crippen molar-refractivity contribution in [2.45, 2.75) is 6.92 Å². The highest BCUT2D eigenvalue weighted by molar-refractivity contribution is 6.32. The van der Waals surface area contributed by atoms with Gasteiger partial charge in [-0.25, -0.2) is 0 Å². The summed E-state index contributed by atoms with van der Waals surface area (Å²) in [4.78, 5) is 21.3. The van der Waals surface area contributed by atoms with E-state index in [4.69, 9.17) is 26.8 Å². The van der Waals surface area contributed by atoms with Crippen LogP contribution < -0.4 is 15.2 Å². The first-order valence-electron chi connectivity index (χ1n) is 5.40. The van der Waals surface area contributed by atoms with Crippen molar-refractivity contribution >= 4 is 29.9 Å². The molecule has 0 radical (unpaired) electrons. The molecule has 1 aromatic rings. The predicted octanol–water partition coefficient (Wildman–Crippen LogP) is 1.81. The Balaban J connectivity index is 3.14. The SMILES string of the molecule is COc1cc(C=C(C)C=O)cc(Cl)c1OCC(N)=O. The molecule has 102 valence electrons. The van der Waals surface area contributed by atoms with Crippen molar-refractivity contribution in [1.82, 2.24) is 0 Å². The molecule has 0 fully saturated rings. The van der Waals surface area contributed by atoms with E-state index < -0.39 is 5.91 Å². The molecule has 0 atom stereocenters. The van der Waals surface area contributed by atoms with Crippen LogP contribution in [-0.2, 0) is 9.59 Å². The van der Waals surface area contributed by atoms with Gasteiger partial charge in [-0.05, 0) is 36.3 Å². The third kappa shape index (κ3) is 4.30. The van der Waals surface area contributed by atoms with Crippen LogP contribution in [0.4, 0.5) is 0 Å². The number of carbonyl (C=O) groups is 2. The molecule has 0 saturated carbocycles. The molecule has 0 bridgehead atoms. The smallest absolute Gasteiger partial charge is 0.255 e. The number of aldehydes is 1. The van der Waals surface area contributed by atoms with Crippen LogP contribution in [0.25, 0.3) is 6.08 Å². The molecule has 0 aliphatic carbocycles. The average molecular weight is 284 g/mol. The van der Waals surface area contributed by atoms with Crippen LogP contribution >= 0.6 is 11.6 Å². The Hall–Kier alpha value is -2.01. The Kier molecular flexibility index (Phi) is 5.38. The van der Waals surface area contributed by atoms with Crippen LogP contribution in [0, 0.1) is 0 Å². The topological polar surface area (TPSA) is 78.6 Å². The van der Waals surface area contributed by atoms with E-state index in [1.807, 2.05) is 0 Å². The summed E-state index contributed by atoms with van der Waals surface area (Å²) in [6, 6.07) is 3.25. The summed E-state index contributed by atoms with van der Waals surface area (Å²) in [6.45, 7) is 1.38. The first-order valence-corrected chi connectivity index (χ1v) is 5.77. The molecule has 2 N–H and O–H groups in total. The molecule has 1 amide bonds. The zero-order chi connectivity index (χ0) is 14.4. The summed E-state index contributed by atoms with van der Waals surface area (Å²) >= 11 is 6.05. The number of nitrogens with two attached hydrogens (primary N) is 1. The number of benzene rings is 1. The second-order valence-corrected chi connectivity index (χ2v) is 4.20. The van der Waals surface area contributed by atoms with Gasteiger partial charge in [0.1, 0.15) is 6.29 Å². The third-order valence-electron chi connectivity index (χ3n) is 2.19. The lowest BCUT2D eigenvalue weighted by Crippen LogP contribution is -2.20. The summed E-state index contributed by atoms with van der Waals surface area (Å²) in [5, 5.41) is 0.269. The monoisotopic (exact) mass is 283 g/mol. The molecular formula is C13H14ClNO4. The van der Waals surface area contributed by atoms with E-state index in [2.05, 4.69) is 0 Å². The highest BCUT2D eigenvalue weighted by Gasteiger charge is 2.12. The second kappa shape index (κ2) is 6.80. The number of halogens is 1. The fourth-order valence-corrected chi connectivity index (χ4v) is 1.68. The van der Waals surface area contributed by atoms with Gasteiger partial charge in [-0.1, -0.05) is 11.6 Å². The van der Waals surface area contributed by atoms with Gasteiger partial charge in [-0.15, -0.1) is 0 Å². The van der Waals surface area contributed by atoms with Gasteiger partial charge in [0.05, 0.1) is 12.1 Å². The molecule has 0 saturated heterocycles. The molecular weight excluding hydrogens is 270 g/mol. The van der Waals surface area contributed by atoms with Gasteiger partial charge < -0.3 is 15.2 Å². The van der Waals surface area contributed by atoms with Gasteiger partial charge in [0.15, 0.2) is 18.1 Å². The maximum absolute atomic E-state index is 10.7. The molecule has 0 spiro atoms. The highest BCUT2D eigenvalue weighted by Crippen LogP contribution is 2.36. The molecule has 1 rings (SSSR count). The quantitative estimate of drug-likeness (QED) is 0.638. The standard InChI is InChI=1S/C13H14ClNO4/c1-8(6-16)3-9-4-10(14)13(11(5-9)18-2)19-7-12(15)17/h3-6H,7H2,1-2H3,(H2,15,17). The van der Waals surface area contributed by atoms with Crippen molar-refractivity contribution in [3.63, 3.8) is 0 Å². The molecule has 19 heavy (non-hydrogen) atoms. The molecule has 6 heteroatoms. The van der Waals surface area contributed by atoms with Gasteiger partial charge in [0.2, 0.25) is 0 Å². The van der Waals surface area contributed by atoms with Crippen molar-refractivity contribution in [1.29, 1.82) is 0 Å². The Morgan fingerprint density at radius 1 is 1.47 bits per heavy atom. The number of hydrogen-bond acceptors (Lipinski definition) is 4. The number of methoxy groups -OCH3 is 1. The van der Waals surface area contributed by atoms with Gasteiger partial charge in [-0.3, -0.25) is 9.59 Å². The number of ether oxygens (including phenoxy) is 2. The molecule has 0 aliphatic heterocycles. The number of primary amides is 1. The Morgan fingerprint density at radius 2 is 2.16 bits per heavy atom. The normalized spacial score (nSPS) is 11.0. The molecule has 5 nitrogen and oxygen atoms in total. The molecule has 0 heterocycles. The number of carbonyl (C=O) groups excluding carboxylic acids is 2. The van der Waals surface area contributed by atoms with Crippen molar-refractivity contribution < 1.29 is 19.1 Å². The maximum atomic E-state index is 10.7. The van der Waals surface area contributed by atoms with E-state index >= 15 is 0 Å². The lowest BCUT2D eigenvalue weighted by molar-refractivity contribution is -0.120. The predicted molar refractivity (Wildman–Crippen MR) is 72.4 cm³/mol. The first-order chi connectivity index (χ1) is 8.97. The highest BCUT2D eigenvalue weighted by atomic mass is 35.5. The van der Waals surface area contributed by atoms with E-state index in [1.165, 1.54) is 7.11 Å². The van der Waals surface area contributed by atoms with Crippen molar-refractivity contribution in [3.8, 4) is 11.5 Å². The summed E-state index contributed by atoms with van der Waals surface area (Å²) in [7, 11) is 1.45. The fourth-order valence-electron chi connectivity index (χ4n) is 1.40. The zero-order valence-corrected chi connectivity index (χ0v) is 11.4. The van der Waals surface area contributed by atoms with Crippen molar-refractivity contribution in [3.05, 3.63) is 28.3 Å². The number of hydrogen-bond donors (Lipinski definition) is 1. The van der Waals surface area contributed by atoms with Crippen LogP contribution in [0.3, 0.4) is 0 Å². The van der Waals surface area contributed by atoms with Crippen LogP contribution in [0.5, 0.6) is 11.5 Å². The second-order valence-electron chi connectivity index (χ2n) is 3.80. The summed E-state index contributed by atoms with van der Waals surface area (Å²) in [5.41, 5.74) is 6.24. The Labute approximate surface area is 115 Å². The van der Waals surface area contributed by atoms with Gasteiger partial charge in [-0.2, -0.15) is 0 Å². The Bertz CT molecular complexity index is 526. The van der Waals surface area contributed by atoms with Crippen LogP contribution in [0.1, 0.15) is 12.5 Å².